The molecule has 1 N–H and O–H groups in total. The Hall–Kier alpha value is -1.39. The SMILES string of the molecule is COc1ccc(C(C)=O)cc1CN(C)CCO. The zero-order chi connectivity index (χ0) is 12.8. The molecule has 0 unspecified atom stereocenters. The molecule has 1 rings (SSSR count). The number of Topliss-reactive ketones (excluding diaryl/α,β-unsaturated/α-hetero) is 1. The first-order valence-electron chi connectivity index (χ1n) is 5.55. The molecule has 94 valence electrons. The second-order valence-electron chi connectivity index (χ2n) is 4.04. The first kappa shape index (κ1) is 13.7. The fourth-order valence-corrected chi connectivity index (χ4v) is 1.66. The van der Waals surface area contributed by atoms with Crippen LogP contribution in [0.1, 0.15) is 22.8 Å². The minimum atomic E-state index is 0.0405. The molecule has 1 aromatic carbocycles. The third kappa shape index (κ3) is 3.84. The van der Waals surface area contributed by atoms with Crippen molar-refractivity contribution in [3.8, 4) is 5.75 Å². The maximum absolute atomic E-state index is 11.3. The third-order valence-corrected chi connectivity index (χ3v) is 2.61. The van der Waals surface area contributed by atoms with Gasteiger partial charge in [0.15, 0.2) is 5.78 Å². The summed E-state index contributed by atoms with van der Waals surface area (Å²) in [4.78, 5) is 13.3. The Kier molecular flexibility index (Phi) is 5.12. The van der Waals surface area contributed by atoms with Gasteiger partial charge < -0.3 is 9.84 Å². The Bertz CT molecular complexity index is 390. The van der Waals surface area contributed by atoms with Gasteiger partial charge in [0.25, 0.3) is 0 Å². The van der Waals surface area contributed by atoms with Crippen LogP contribution in [0.15, 0.2) is 18.2 Å². The Morgan fingerprint density at radius 1 is 1.47 bits per heavy atom. The fraction of sp³-hybridized carbons (Fsp3) is 0.462. The van der Waals surface area contributed by atoms with Crippen LogP contribution >= 0.6 is 0 Å². The van der Waals surface area contributed by atoms with E-state index in [1.165, 1.54) is 0 Å². The van der Waals surface area contributed by atoms with Gasteiger partial charge in [-0.1, -0.05) is 0 Å². The second kappa shape index (κ2) is 6.37. The van der Waals surface area contributed by atoms with Crippen LogP contribution in [0.2, 0.25) is 0 Å². The Morgan fingerprint density at radius 3 is 2.71 bits per heavy atom. The molecule has 0 heterocycles. The van der Waals surface area contributed by atoms with E-state index in [-0.39, 0.29) is 12.4 Å². The van der Waals surface area contributed by atoms with E-state index in [2.05, 4.69) is 0 Å². The number of benzene rings is 1. The summed E-state index contributed by atoms with van der Waals surface area (Å²) < 4.78 is 5.26. The molecule has 0 aliphatic rings. The highest BCUT2D eigenvalue weighted by Crippen LogP contribution is 2.21. The molecule has 17 heavy (non-hydrogen) atoms. The number of rotatable bonds is 6. The van der Waals surface area contributed by atoms with Crippen LogP contribution in [0.3, 0.4) is 0 Å². The first-order chi connectivity index (χ1) is 8.08. The highest BCUT2D eigenvalue weighted by atomic mass is 16.5. The Balaban J connectivity index is 2.93. The maximum atomic E-state index is 11.3. The predicted molar refractivity (Wildman–Crippen MR) is 66.4 cm³/mol. The van der Waals surface area contributed by atoms with Crippen LogP contribution in [0.5, 0.6) is 5.75 Å². The summed E-state index contributed by atoms with van der Waals surface area (Å²) in [5.74, 6) is 0.804. The molecule has 0 saturated heterocycles. The molecule has 0 atom stereocenters. The highest BCUT2D eigenvalue weighted by molar-refractivity contribution is 5.94. The van der Waals surface area contributed by atoms with Gasteiger partial charge in [0.1, 0.15) is 5.75 Å². The van der Waals surface area contributed by atoms with Gasteiger partial charge in [-0.2, -0.15) is 0 Å². The lowest BCUT2D eigenvalue weighted by atomic mass is 10.1. The van der Waals surface area contributed by atoms with Crippen molar-refractivity contribution in [3.05, 3.63) is 29.3 Å². The number of carbonyl (C=O) groups excluding carboxylic acids is 1. The smallest absolute Gasteiger partial charge is 0.159 e. The number of hydrogen-bond donors (Lipinski definition) is 1. The molecule has 0 radical (unpaired) electrons. The molecule has 0 fully saturated rings. The van der Waals surface area contributed by atoms with E-state index in [4.69, 9.17) is 9.84 Å². The summed E-state index contributed by atoms with van der Waals surface area (Å²) in [7, 11) is 3.52. The number of methoxy groups -OCH3 is 1. The van der Waals surface area contributed by atoms with Gasteiger partial charge in [0.05, 0.1) is 13.7 Å². The zero-order valence-corrected chi connectivity index (χ0v) is 10.6. The Morgan fingerprint density at radius 2 is 2.18 bits per heavy atom. The van der Waals surface area contributed by atoms with Crippen molar-refractivity contribution in [2.24, 2.45) is 0 Å². The summed E-state index contributed by atoms with van der Waals surface area (Å²) in [5, 5.41) is 8.86. The molecule has 0 aromatic heterocycles. The van der Waals surface area contributed by atoms with Gasteiger partial charge in [-0.25, -0.2) is 0 Å². The normalized spacial score (nSPS) is 10.6. The van der Waals surface area contributed by atoms with E-state index < -0.39 is 0 Å². The van der Waals surface area contributed by atoms with E-state index in [1.54, 1.807) is 26.2 Å². The quantitative estimate of drug-likeness (QED) is 0.758. The largest absolute Gasteiger partial charge is 0.496 e. The minimum Gasteiger partial charge on any atom is -0.496 e. The van der Waals surface area contributed by atoms with E-state index in [1.807, 2.05) is 18.0 Å². The number of ether oxygens (including phenoxy) is 1. The van der Waals surface area contributed by atoms with E-state index in [0.717, 1.165) is 11.3 Å². The van der Waals surface area contributed by atoms with E-state index in [0.29, 0.717) is 18.7 Å². The van der Waals surface area contributed by atoms with Crippen molar-refractivity contribution < 1.29 is 14.6 Å². The first-order valence-corrected chi connectivity index (χ1v) is 5.55. The van der Waals surface area contributed by atoms with Crippen LogP contribution in [-0.2, 0) is 6.54 Å². The van der Waals surface area contributed by atoms with Gasteiger partial charge in [0.2, 0.25) is 0 Å². The van der Waals surface area contributed by atoms with Crippen molar-refractivity contribution >= 4 is 5.78 Å². The molecule has 0 bridgehead atoms. The average molecular weight is 237 g/mol. The molecule has 0 saturated carbocycles. The summed E-state index contributed by atoms with van der Waals surface area (Å²) in [6, 6.07) is 5.41. The van der Waals surface area contributed by atoms with E-state index in [9.17, 15) is 4.79 Å². The van der Waals surface area contributed by atoms with E-state index >= 15 is 0 Å². The van der Waals surface area contributed by atoms with Crippen molar-refractivity contribution in [1.29, 1.82) is 0 Å². The number of nitrogens with zero attached hydrogens (tertiary/aromatic N) is 1. The number of hydrogen-bond acceptors (Lipinski definition) is 4. The summed E-state index contributed by atoms with van der Waals surface area (Å²) >= 11 is 0. The monoisotopic (exact) mass is 237 g/mol. The lowest BCUT2D eigenvalue weighted by Crippen LogP contribution is -2.22. The molecule has 1 aromatic rings. The van der Waals surface area contributed by atoms with Gasteiger partial charge in [-0.15, -0.1) is 0 Å². The second-order valence-corrected chi connectivity index (χ2v) is 4.04. The van der Waals surface area contributed by atoms with Gasteiger partial charge in [-0.05, 0) is 32.2 Å². The maximum Gasteiger partial charge on any atom is 0.159 e. The Labute approximate surface area is 102 Å². The lowest BCUT2D eigenvalue weighted by Gasteiger charge is -2.17. The van der Waals surface area contributed by atoms with Gasteiger partial charge >= 0.3 is 0 Å². The lowest BCUT2D eigenvalue weighted by molar-refractivity contribution is 0.101. The molecule has 0 aliphatic carbocycles. The van der Waals surface area contributed by atoms with Crippen LogP contribution in [-0.4, -0.2) is 43.1 Å². The van der Waals surface area contributed by atoms with Crippen molar-refractivity contribution in [3.63, 3.8) is 0 Å². The molecular formula is C13H19NO3. The number of carbonyl (C=O) groups is 1. The number of aliphatic hydroxyl groups is 1. The average Bonchev–Trinajstić information content (AvgIpc) is 2.29. The molecular weight excluding hydrogens is 218 g/mol. The van der Waals surface area contributed by atoms with Crippen LogP contribution in [0.25, 0.3) is 0 Å². The third-order valence-electron chi connectivity index (χ3n) is 2.61. The van der Waals surface area contributed by atoms with Crippen molar-refractivity contribution in [1.82, 2.24) is 4.90 Å². The van der Waals surface area contributed by atoms with Crippen LogP contribution < -0.4 is 4.74 Å². The highest BCUT2D eigenvalue weighted by Gasteiger charge is 2.09. The summed E-state index contributed by atoms with van der Waals surface area (Å²) in [6.07, 6.45) is 0. The molecule has 4 nitrogen and oxygen atoms in total. The number of likely N-dealkylation sites (N-methyl/N-ethyl adjacent to an activating group) is 1. The minimum absolute atomic E-state index is 0.0405. The summed E-state index contributed by atoms with van der Waals surface area (Å²) in [6.45, 7) is 2.90. The zero-order valence-electron chi connectivity index (χ0n) is 10.6. The summed E-state index contributed by atoms with van der Waals surface area (Å²) in [5.41, 5.74) is 1.63. The fourth-order valence-electron chi connectivity index (χ4n) is 1.66. The molecule has 0 aliphatic heterocycles. The van der Waals surface area contributed by atoms with Crippen molar-refractivity contribution in [2.75, 3.05) is 27.3 Å². The number of aliphatic hydroxyl groups excluding tert-OH is 1. The van der Waals surface area contributed by atoms with Crippen molar-refractivity contribution in [2.45, 2.75) is 13.5 Å². The number of ketones is 1. The van der Waals surface area contributed by atoms with Crippen LogP contribution in [0.4, 0.5) is 0 Å². The molecule has 0 amide bonds. The van der Waals surface area contributed by atoms with Gasteiger partial charge in [0, 0.05) is 24.2 Å². The molecule has 0 spiro atoms. The van der Waals surface area contributed by atoms with Gasteiger partial charge in [-0.3, -0.25) is 9.69 Å². The topological polar surface area (TPSA) is 49.8 Å². The predicted octanol–water partition coefficient (Wildman–Crippen LogP) is 1.32. The molecule has 4 heteroatoms. The van der Waals surface area contributed by atoms with Crippen LogP contribution in [0, 0.1) is 0 Å². The standard InChI is InChI=1S/C13H19NO3/c1-10(16)11-4-5-13(17-3)12(8-11)9-14(2)6-7-15/h4-5,8,15H,6-7,9H2,1-3H3.